The summed E-state index contributed by atoms with van der Waals surface area (Å²) in [6.07, 6.45) is 1.71. The molecule has 110 valence electrons. The van der Waals surface area contributed by atoms with E-state index in [1.165, 1.54) is 0 Å². The third-order valence-corrected chi connectivity index (χ3v) is 4.90. The van der Waals surface area contributed by atoms with Crippen molar-refractivity contribution >= 4 is 40.0 Å². The van der Waals surface area contributed by atoms with Crippen molar-refractivity contribution in [3.63, 3.8) is 0 Å². The first-order chi connectivity index (χ1) is 10.7. The van der Waals surface area contributed by atoms with Crippen LogP contribution in [0.5, 0.6) is 0 Å². The zero-order valence-electron chi connectivity index (χ0n) is 11.8. The summed E-state index contributed by atoms with van der Waals surface area (Å²) in [5, 5.41) is 9.99. The summed E-state index contributed by atoms with van der Waals surface area (Å²) >= 11 is 7.82. The Morgan fingerprint density at radius 3 is 2.95 bits per heavy atom. The van der Waals surface area contributed by atoms with E-state index in [0.29, 0.717) is 0 Å². The maximum Gasteiger partial charge on any atom is 0.153 e. The predicted molar refractivity (Wildman–Crippen MR) is 88.5 cm³/mol. The first-order valence-electron chi connectivity index (χ1n) is 6.81. The van der Waals surface area contributed by atoms with Crippen LogP contribution in [0.4, 0.5) is 0 Å². The highest BCUT2D eigenvalue weighted by atomic mass is 35.5. The van der Waals surface area contributed by atoms with Crippen LogP contribution < -0.4 is 0 Å². The number of aromatic nitrogens is 3. The molecule has 22 heavy (non-hydrogen) atoms. The summed E-state index contributed by atoms with van der Waals surface area (Å²) in [7, 11) is 0. The summed E-state index contributed by atoms with van der Waals surface area (Å²) in [5.41, 5.74) is 3.96. The van der Waals surface area contributed by atoms with Crippen molar-refractivity contribution in [1.29, 1.82) is 0 Å². The molecule has 4 nitrogen and oxygen atoms in total. The number of nitrogens with zero attached hydrogens (tertiary/aromatic N) is 3. The second-order valence-corrected chi connectivity index (χ2v) is 6.39. The Kier molecular flexibility index (Phi) is 3.32. The molecule has 0 aliphatic rings. The lowest BCUT2D eigenvalue weighted by atomic mass is 10.2. The molecule has 0 spiro atoms. The molecule has 1 aromatic carbocycles. The zero-order valence-corrected chi connectivity index (χ0v) is 13.4. The van der Waals surface area contributed by atoms with E-state index >= 15 is 0 Å². The third-order valence-electron chi connectivity index (χ3n) is 3.51. The standard InChI is InChI=1S/C16H12ClN3OS/c1-10-6-13-15(21-10)7-14-16(19-18-9-20(13)14)22-8-11-4-2-3-5-12(11)17/h2-7,9H,8H2,1H3. The summed E-state index contributed by atoms with van der Waals surface area (Å²) in [6.45, 7) is 1.94. The molecule has 0 radical (unpaired) electrons. The highest BCUT2D eigenvalue weighted by Gasteiger charge is 2.12. The molecule has 0 amide bonds. The van der Waals surface area contributed by atoms with Crippen LogP contribution in [0.1, 0.15) is 11.3 Å². The molecule has 0 atom stereocenters. The topological polar surface area (TPSA) is 43.3 Å². The van der Waals surface area contributed by atoms with Gasteiger partial charge in [-0.2, -0.15) is 0 Å². The minimum Gasteiger partial charge on any atom is -0.460 e. The molecule has 0 saturated heterocycles. The minimum atomic E-state index is 0.750. The molecule has 0 fully saturated rings. The van der Waals surface area contributed by atoms with Crippen molar-refractivity contribution in [2.75, 3.05) is 0 Å². The molecular formula is C16H12ClN3OS. The number of rotatable bonds is 3. The van der Waals surface area contributed by atoms with E-state index in [-0.39, 0.29) is 0 Å². The van der Waals surface area contributed by atoms with Gasteiger partial charge in [0.15, 0.2) is 5.58 Å². The molecular weight excluding hydrogens is 318 g/mol. The fraction of sp³-hybridized carbons (Fsp3) is 0.125. The van der Waals surface area contributed by atoms with Crippen LogP contribution in [0.25, 0.3) is 16.6 Å². The first-order valence-corrected chi connectivity index (χ1v) is 8.18. The normalized spacial score (nSPS) is 11.5. The number of hydrogen-bond donors (Lipinski definition) is 0. The Labute approximate surface area is 136 Å². The Morgan fingerprint density at radius 1 is 1.23 bits per heavy atom. The summed E-state index contributed by atoms with van der Waals surface area (Å²) < 4.78 is 7.69. The average molecular weight is 330 g/mol. The fourth-order valence-corrected chi connectivity index (χ4v) is 3.70. The third kappa shape index (κ3) is 2.26. The average Bonchev–Trinajstić information content (AvgIpc) is 3.03. The molecule has 0 aliphatic heterocycles. The van der Waals surface area contributed by atoms with Gasteiger partial charge in [-0.05, 0) is 18.6 Å². The quantitative estimate of drug-likeness (QED) is 0.510. The van der Waals surface area contributed by atoms with E-state index in [0.717, 1.165) is 43.7 Å². The van der Waals surface area contributed by atoms with Crippen LogP contribution in [0.15, 0.2) is 52.2 Å². The largest absolute Gasteiger partial charge is 0.460 e. The number of hydrogen-bond acceptors (Lipinski definition) is 4. The number of aryl methyl sites for hydroxylation is 1. The molecule has 4 aromatic rings. The number of thioether (sulfide) groups is 1. The van der Waals surface area contributed by atoms with Gasteiger partial charge < -0.3 is 4.42 Å². The maximum atomic E-state index is 6.20. The number of halogens is 1. The number of fused-ring (bicyclic) bond motifs is 3. The van der Waals surface area contributed by atoms with Gasteiger partial charge in [0.1, 0.15) is 17.1 Å². The summed E-state index contributed by atoms with van der Waals surface area (Å²) in [5.74, 6) is 1.64. The van der Waals surface area contributed by atoms with Gasteiger partial charge in [0.2, 0.25) is 0 Å². The van der Waals surface area contributed by atoms with Gasteiger partial charge in [0, 0.05) is 22.9 Å². The van der Waals surface area contributed by atoms with Crippen molar-refractivity contribution in [2.45, 2.75) is 17.7 Å². The molecule has 0 bridgehead atoms. The smallest absolute Gasteiger partial charge is 0.153 e. The van der Waals surface area contributed by atoms with Crippen molar-refractivity contribution in [1.82, 2.24) is 14.6 Å². The highest BCUT2D eigenvalue weighted by molar-refractivity contribution is 7.98. The molecule has 0 aliphatic carbocycles. The molecule has 3 aromatic heterocycles. The van der Waals surface area contributed by atoms with Gasteiger partial charge in [-0.3, -0.25) is 4.40 Å². The van der Waals surface area contributed by atoms with Gasteiger partial charge in [0.25, 0.3) is 0 Å². The first kappa shape index (κ1) is 13.7. The Hall–Kier alpha value is -1.98. The maximum absolute atomic E-state index is 6.20. The van der Waals surface area contributed by atoms with Crippen LogP contribution in [0.3, 0.4) is 0 Å². The van der Waals surface area contributed by atoms with Crippen molar-refractivity contribution in [3.05, 3.63) is 59.1 Å². The van der Waals surface area contributed by atoms with Crippen LogP contribution in [0, 0.1) is 6.92 Å². The Morgan fingerprint density at radius 2 is 2.09 bits per heavy atom. The summed E-state index contributed by atoms with van der Waals surface area (Å²) in [6, 6.07) is 11.9. The van der Waals surface area contributed by atoms with Crippen LogP contribution in [-0.2, 0) is 5.75 Å². The second-order valence-electron chi connectivity index (χ2n) is 5.02. The molecule has 0 N–H and O–H groups in total. The second kappa shape index (κ2) is 5.34. The Balaban J connectivity index is 1.72. The molecule has 3 heterocycles. The molecule has 0 saturated carbocycles. The lowest BCUT2D eigenvalue weighted by Gasteiger charge is -2.04. The van der Waals surface area contributed by atoms with E-state index in [1.54, 1.807) is 18.1 Å². The van der Waals surface area contributed by atoms with E-state index in [4.69, 9.17) is 16.0 Å². The zero-order chi connectivity index (χ0) is 15.1. The van der Waals surface area contributed by atoms with Gasteiger partial charge in [-0.1, -0.05) is 41.6 Å². The molecule has 0 unspecified atom stereocenters. The number of benzene rings is 1. The van der Waals surface area contributed by atoms with E-state index in [2.05, 4.69) is 10.2 Å². The van der Waals surface area contributed by atoms with E-state index in [1.807, 2.05) is 47.7 Å². The highest BCUT2D eigenvalue weighted by Crippen LogP contribution is 2.31. The molecule has 6 heteroatoms. The van der Waals surface area contributed by atoms with E-state index in [9.17, 15) is 0 Å². The predicted octanol–water partition coefficient (Wildman–Crippen LogP) is 4.73. The van der Waals surface area contributed by atoms with Gasteiger partial charge in [0.05, 0.1) is 11.0 Å². The van der Waals surface area contributed by atoms with Crippen LogP contribution in [0.2, 0.25) is 5.02 Å². The van der Waals surface area contributed by atoms with Crippen LogP contribution in [-0.4, -0.2) is 14.6 Å². The lowest BCUT2D eigenvalue weighted by Crippen LogP contribution is -1.93. The van der Waals surface area contributed by atoms with Gasteiger partial charge >= 0.3 is 0 Å². The number of furan rings is 1. The van der Waals surface area contributed by atoms with Gasteiger partial charge in [-0.15, -0.1) is 10.2 Å². The summed E-state index contributed by atoms with van der Waals surface area (Å²) in [4.78, 5) is 0. The SMILES string of the molecule is Cc1cc2c(cc3c(SCc4ccccc4Cl)nncn32)o1. The van der Waals surface area contributed by atoms with Crippen molar-refractivity contribution < 1.29 is 4.42 Å². The monoisotopic (exact) mass is 329 g/mol. The fourth-order valence-electron chi connectivity index (χ4n) is 2.47. The minimum absolute atomic E-state index is 0.750. The van der Waals surface area contributed by atoms with Crippen molar-refractivity contribution in [3.8, 4) is 0 Å². The van der Waals surface area contributed by atoms with Crippen LogP contribution >= 0.6 is 23.4 Å². The lowest BCUT2D eigenvalue weighted by molar-refractivity contribution is 0.579. The van der Waals surface area contributed by atoms with Gasteiger partial charge in [-0.25, -0.2) is 0 Å². The van der Waals surface area contributed by atoms with Crippen molar-refractivity contribution in [2.24, 2.45) is 0 Å². The Bertz CT molecular complexity index is 976. The molecule has 4 rings (SSSR count). The van der Waals surface area contributed by atoms with E-state index < -0.39 is 0 Å².